The van der Waals surface area contributed by atoms with Crippen LogP contribution in [0.4, 0.5) is 0 Å². The second-order valence-electron chi connectivity index (χ2n) is 4.74. The predicted molar refractivity (Wildman–Crippen MR) is 77.5 cm³/mol. The number of benzene rings is 1. The molecule has 0 bridgehead atoms. The number of furan rings is 1. The lowest BCUT2D eigenvalue weighted by atomic mass is 10.2. The molecule has 102 valence electrons. The largest absolute Gasteiger partial charge is 0.468 e. The van der Waals surface area contributed by atoms with Crippen molar-refractivity contribution in [3.63, 3.8) is 0 Å². The first kappa shape index (κ1) is 12.7. The molecule has 0 spiro atoms. The second kappa shape index (κ2) is 5.75. The Bertz CT molecular complexity index is 627. The summed E-state index contributed by atoms with van der Waals surface area (Å²) in [7, 11) is 0. The van der Waals surface area contributed by atoms with E-state index in [-0.39, 0.29) is 6.04 Å². The number of nitrogens with zero attached hydrogens (tertiary/aromatic N) is 2. The van der Waals surface area contributed by atoms with Crippen LogP contribution in [0.25, 0.3) is 5.69 Å². The zero-order valence-electron chi connectivity index (χ0n) is 11.4. The first-order valence-corrected chi connectivity index (χ1v) is 6.69. The molecule has 4 heteroatoms. The summed E-state index contributed by atoms with van der Waals surface area (Å²) >= 11 is 0. The molecule has 0 saturated heterocycles. The Morgan fingerprint density at radius 3 is 2.70 bits per heavy atom. The van der Waals surface area contributed by atoms with Crippen LogP contribution in [0, 0.1) is 0 Å². The highest BCUT2D eigenvalue weighted by Gasteiger charge is 2.07. The Morgan fingerprint density at radius 1 is 1.20 bits per heavy atom. The summed E-state index contributed by atoms with van der Waals surface area (Å²) < 4.78 is 7.23. The Morgan fingerprint density at radius 2 is 2.05 bits per heavy atom. The van der Waals surface area contributed by atoms with Crippen molar-refractivity contribution in [1.82, 2.24) is 15.1 Å². The van der Waals surface area contributed by atoms with Crippen molar-refractivity contribution in [1.29, 1.82) is 0 Å². The lowest BCUT2D eigenvalue weighted by molar-refractivity contribution is 0.430. The molecule has 3 rings (SSSR count). The molecule has 2 heterocycles. The first-order valence-electron chi connectivity index (χ1n) is 6.69. The molecule has 20 heavy (non-hydrogen) atoms. The van der Waals surface area contributed by atoms with Gasteiger partial charge in [-0.3, -0.25) is 0 Å². The molecule has 0 aliphatic rings. The van der Waals surface area contributed by atoms with E-state index in [0.717, 1.165) is 18.0 Å². The van der Waals surface area contributed by atoms with E-state index in [2.05, 4.69) is 41.6 Å². The summed E-state index contributed by atoms with van der Waals surface area (Å²) in [5.74, 6) is 0.957. The monoisotopic (exact) mass is 267 g/mol. The van der Waals surface area contributed by atoms with E-state index in [9.17, 15) is 0 Å². The third-order valence-electron chi connectivity index (χ3n) is 3.29. The van der Waals surface area contributed by atoms with Crippen molar-refractivity contribution in [2.75, 3.05) is 0 Å². The van der Waals surface area contributed by atoms with E-state index in [4.69, 9.17) is 4.42 Å². The highest BCUT2D eigenvalue weighted by atomic mass is 16.3. The minimum absolute atomic E-state index is 0.204. The SMILES string of the molecule is CC(NCc1ccc(-n2cccn2)cc1)c1ccco1. The van der Waals surface area contributed by atoms with Gasteiger partial charge in [-0.05, 0) is 42.8 Å². The van der Waals surface area contributed by atoms with Gasteiger partial charge < -0.3 is 9.73 Å². The zero-order chi connectivity index (χ0) is 13.8. The van der Waals surface area contributed by atoms with E-state index in [0.29, 0.717) is 0 Å². The van der Waals surface area contributed by atoms with Gasteiger partial charge in [0, 0.05) is 18.9 Å². The van der Waals surface area contributed by atoms with Crippen LogP contribution in [0.15, 0.2) is 65.5 Å². The molecule has 1 unspecified atom stereocenters. The van der Waals surface area contributed by atoms with E-state index in [1.807, 2.05) is 29.1 Å². The van der Waals surface area contributed by atoms with Crippen LogP contribution in [-0.2, 0) is 6.54 Å². The molecule has 0 radical (unpaired) electrons. The van der Waals surface area contributed by atoms with Gasteiger partial charge in [0.2, 0.25) is 0 Å². The summed E-state index contributed by atoms with van der Waals surface area (Å²) in [5, 5.41) is 7.65. The van der Waals surface area contributed by atoms with Crippen LogP contribution in [-0.4, -0.2) is 9.78 Å². The standard InChI is InChI=1S/C16H17N3O/c1-13(16-4-2-11-20-16)17-12-14-5-7-15(8-6-14)19-10-3-9-18-19/h2-11,13,17H,12H2,1H3. The zero-order valence-corrected chi connectivity index (χ0v) is 11.4. The van der Waals surface area contributed by atoms with Gasteiger partial charge in [0.1, 0.15) is 5.76 Å². The van der Waals surface area contributed by atoms with Crippen molar-refractivity contribution in [2.45, 2.75) is 19.5 Å². The Labute approximate surface area is 118 Å². The molecule has 1 aromatic carbocycles. The lowest BCUT2D eigenvalue weighted by Gasteiger charge is -2.11. The highest BCUT2D eigenvalue weighted by molar-refractivity contribution is 5.33. The van der Waals surface area contributed by atoms with E-state index in [1.165, 1.54) is 5.56 Å². The maximum atomic E-state index is 5.38. The molecular weight excluding hydrogens is 250 g/mol. The molecule has 2 aromatic heterocycles. The van der Waals surface area contributed by atoms with Gasteiger partial charge in [-0.15, -0.1) is 0 Å². The lowest BCUT2D eigenvalue weighted by Crippen LogP contribution is -2.17. The fourth-order valence-corrected chi connectivity index (χ4v) is 2.10. The van der Waals surface area contributed by atoms with Crippen molar-refractivity contribution < 1.29 is 4.42 Å². The summed E-state index contributed by atoms with van der Waals surface area (Å²) in [6.45, 7) is 2.90. The molecule has 0 saturated carbocycles. The number of nitrogens with one attached hydrogen (secondary N) is 1. The van der Waals surface area contributed by atoms with Crippen LogP contribution in [0.1, 0.15) is 24.3 Å². The topological polar surface area (TPSA) is 43.0 Å². The van der Waals surface area contributed by atoms with Crippen LogP contribution in [0.3, 0.4) is 0 Å². The van der Waals surface area contributed by atoms with Gasteiger partial charge in [0.15, 0.2) is 0 Å². The van der Waals surface area contributed by atoms with Gasteiger partial charge in [0.05, 0.1) is 18.0 Å². The van der Waals surface area contributed by atoms with Crippen LogP contribution in [0.2, 0.25) is 0 Å². The van der Waals surface area contributed by atoms with Crippen LogP contribution < -0.4 is 5.32 Å². The minimum Gasteiger partial charge on any atom is -0.468 e. The summed E-state index contributed by atoms with van der Waals surface area (Å²) in [6.07, 6.45) is 5.42. The van der Waals surface area contributed by atoms with Crippen molar-refractivity contribution in [3.05, 3.63) is 72.4 Å². The minimum atomic E-state index is 0.204. The number of aromatic nitrogens is 2. The number of hydrogen-bond acceptors (Lipinski definition) is 3. The molecule has 1 atom stereocenters. The second-order valence-corrected chi connectivity index (χ2v) is 4.74. The molecule has 0 aliphatic heterocycles. The summed E-state index contributed by atoms with van der Waals surface area (Å²) in [6, 6.07) is 14.4. The molecule has 1 N–H and O–H groups in total. The Kier molecular flexibility index (Phi) is 3.65. The fourth-order valence-electron chi connectivity index (χ4n) is 2.10. The average molecular weight is 267 g/mol. The third kappa shape index (κ3) is 2.81. The molecule has 3 aromatic rings. The molecule has 0 fully saturated rings. The maximum absolute atomic E-state index is 5.38. The fraction of sp³-hybridized carbons (Fsp3) is 0.188. The molecule has 4 nitrogen and oxygen atoms in total. The van der Waals surface area contributed by atoms with Gasteiger partial charge in [-0.2, -0.15) is 5.10 Å². The number of hydrogen-bond donors (Lipinski definition) is 1. The first-order chi connectivity index (χ1) is 9.83. The smallest absolute Gasteiger partial charge is 0.120 e. The molecule has 0 aliphatic carbocycles. The summed E-state index contributed by atoms with van der Waals surface area (Å²) in [5.41, 5.74) is 2.30. The Balaban J connectivity index is 1.61. The molecule has 0 amide bonds. The van der Waals surface area contributed by atoms with E-state index < -0.39 is 0 Å². The van der Waals surface area contributed by atoms with Gasteiger partial charge in [0.25, 0.3) is 0 Å². The number of rotatable bonds is 5. The highest BCUT2D eigenvalue weighted by Crippen LogP contribution is 2.14. The normalized spacial score (nSPS) is 12.4. The Hall–Kier alpha value is -2.33. The van der Waals surface area contributed by atoms with Gasteiger partial charge >= 0.3 is 0 Å². The average Bonchev–Trinajstić information content (AvgIpc) is 3.18. The molecular formula is C16H17N3O. The quantitative estimate of drug-likeness (QED) is 0.771. The van der Waals surface area contributed by atoms with Crippen molar-refractivity contribution >= 4 is 0 Å². The maximum Gasteiger partial charge on any atom is 0.120 e. The third-order valence-corrected chi connectivity index (χ3v) is 3.29. The van der Waals surface area contributed by atoms with Gasteiger partial charge in [-0.1, -0.05) is 12.1 Å². The van der Waals surface area contributed by atoms with E-state index >= 15 is 0 Å². The predicted octanol–water partition coefficient (Wildman–Crippen LogP) is 3.32. The van der Waals surface area contributed by atoms with Crippen molar-refractivity contribution in [2.24, 2.45) is 0 Å². The van der Waals surface area contributed by atoms with Crippen LogP contribution >= 0.6 is 0 Å². The van der Waals surface area contributed by atoms with E-state index in [1.54, 1.807) is 12.5 Å². The van der Waals surface area contributed by atoms with Crippen LogP contribution in [0.5, 0.6) is 0 Å². The van der Waals surface area contributed by atoms with Gasteiger partial charge in [-0.25, -0.2) is 4.68 Å². The van der Waals surface area contributed by atoms with Crippen molar-refractivity contribution in [3.8, 4) is 5.69 Å². The summed E-state index contributed by atoms with van der Waals surface area (Å²) in [4.78, 5) is 0.